The minimum atomic E-state index is -3.59. The fourth-order valence-electron chi connectivity index (χ4n) is 1.77. The quantitative estimate of drug-likeness (QED) is 0.695. The molecule has 21 heavy (non-hydrogen) atoms. The molecule has 0 bridgehead atoms. The molecule has 0 fully saturated rings. The van der Waals surface area contributed by atoms with E-state index in [1.54, 1.807) is 20.1 Å². The third-order valence-corrected chi connectivity index (χ3v) is 4.98. The molecule has 8 heteroatoms. The van der Waals surface area contributed by atoms with Gasteiger partial charge in [-0.1, -0.05) is 11.6 Å². The molecule has 0 aromatic heterocycles. The first-order valence-corrected chi connectivity index (χ1v) is 8.37. The third kappa shape index (κ3) is 5.44. The number of benzene rings is 1. The number of hydrogen-bond acceptors (Lipinski definition) is 5. The summed E-state index contributed by atoms with van der Waals surface area (Å²) in [5.74, 6) is 0. The molecule has 0 aliphatic rings. The van der Waals surface area contributed by atoms with Crippen LogP contribution in [-0.4, -0.2) is 53.7 Å². The first-order valence-electron chi connectivity index (χ1n) is 6.50. The summed E-state index contributed by atoms with van der Waals surface area (Å²) in [4.78, 5) is 2.14. The van der Waals surface area contributed by atoms with E-state index < -0.39 is 10.0 Å². The molecule has 1 aromatic rings. The Morgan fingerprint density at radius 3 is 2.67 bits per heavy atom. The van der Waals surface area contributed by atoms with Gasteiger partial charge in [-0.25, -0.2) is 13.1 Å². The van der Waals surface area contributed by atoms with Gasteiger partial charge in [0.2, 0.25) is 10.0 Å². The van der Waals surface area contributed by atoms with Crippen molar-refractivity contribution in [1.29, 1.82) is 0 Å². The van der Waals surface area contributed by atoms with Gasteiger partial charge in [-0.2, -0.15) is 0 Å². The van der Waals surface area contributed by atoms with E-state index in [-0.39, 0.29) is 10.6 Å². The monoisotopic (exact) mass is 335 g/mol. The summed E-state index contributed by atoms with van der Waals surface area (Å²) in [6.07, 6.45) is 0. The maximum Gasteiger partial charge on any atom is 0.240 e. The number of aryl methyl sites for hydroxylation is 1. The highest BCUT2D eigenvalue weighted by Crippen LogP contribution is 2.25. The molecule has 0 aliphatic heterocycles. The Morgan fingerprint density at radius 2 is 2.05 bits per heavy atom. The number of hydrogen-bond donors (Lipinski definition) is 2. The first-order chi connectivity index (χ1) is 9.77. The maximum absolute atomic E-state index is 12.3. The number of nitrogens with two attached hydrogens (primary N) is 1. The largest absolute Gasteiger partial charge is 0.397 e. The highest BCUT2D eigenvalue weighted by Gasteiger charge is 2.18. The first kappa shape index (κ1) is 18.2. The number of sulfonamides is 1. The van der Waals surface area contributed by atoms with Crippen LogP contribution in [0.2, 0.25) is 5.02 Å². The Morgan fingerprint density at radius 1 is 1.38 bits per heavy atom. The highest BCUT2D eigenvalue weighted by atomic mass is 35.5. The second-order valence-electron chi connectivity index (χ2n) is 4.83. The predicted molar refractivity (Wildman–Crippen MR) is 85.2 cm³/mol. The number of nitrogen functional groups attached to an aromatic ring is 1. The minimum absolute atomic E-state index is 0.156. The molecule has 3 N–H and O–H groups in total. The summed E-state index contributed by atoms with van der Waals surface area (Å²) in [6, 6.07) is 2.94. The summed E-state index contributed by atoms with van der Waals surface area (Å²) in [5.41, 5.74) is 6.49. The molecule has 1 rings (SSSR count). The van der Waals surface area contributed by atoms with Gasteiger partial charge in [0.25, 0.3) is 0 Å². The SMILES string of the molecule is COCCN(C)CCNS(=O)(=O)c1cc(N)c(Cl)cc1C. The van der Waals surface area contributed by atoms with Crippen molar-refractivity contribution in [3.63, 3.8) is 0 Å². The lowest BCUT2D eigenvalue weighted by Gasteiger charge is -2.17. The molecule has 0 heterocycles. The summed E-state index contributed by atoms with van der Waals surface area (Å²) in [5, 5.41) is 0.353. The van der Waals surface area contributed by atoms with E-state index in [0.717, 1.165) is 6.54 Å². The molecule has 0 atom stereocenters. The van der Waals surface area contributed by atoms with Gasteiger partial charge in [-0.3, -0.25) is 0 Å². The number of nitrogens with one attached hydrogen (secondary N) is 1. The molecule has 0 amide bonds. The van der Waals surface area contributed by atoms with Crippen LogP contribution in [0.3, 0.4) is 0 Å². The number of halogens is 1. The summed E-state index contributed by atoms with van der Waals surface area (Å²) < 4.78 is 32.0. The fourth-order valence-corrected chi connectivity index (χ4v) is 3.26. The van der Waals surface area contributed by atoms with Crippen LogP contribution in [0.5, 0.6) is 0 Å². The number of anilines is 1. The van der Waals surface area contributed by atoms with Gasteiger partial charge in [0.15, 0.2) is 0 Å². The van der Waals surface area contributed by atoms with E-state index in [0.29, 0.717) is 30.3 Å². The number of nitrogens with zero attached hydrogens (tertiary/aromatic N) is 1. The minimum Gasteiger partial charge on any atom is -0.397 e. The van der Waals surface area contributed by atoms with Crippen LogP contribution < -0.4 is 10.5 Å². The highest BCUT2D eigenvalue weighted by molar-refractivity contribution is 7.89. The lowest BCUT2D eigenvalue weighted by molar-refractivity contribution is 0.162. The van der Waals surface area contributed by atoms with Crippen molar-refractivity contribution < 1.29 is 13.2 Å². The zero-order valence-corrected chi connectivity index (χ0v) is 14.1. The van der Waals surface area contributed by atoms with Gasteiger partial charge < -0.3 is 15.4 Å². The van der Waals surface area contributed by atoms with Crippen molar-refractivity contribution >= 4 is 27.3 Å². The van der Waals surface area contributed by atoms with Gasteiger partial charge in [-0.05, 0) is 31.7 Å². The Hall–Kier alpha value is -0.860. The van der Waals surface area contributed by atoms with Crippen molar-refractivity contribution in [2.75, 3.05) is 46.1 Å². The lowest BCUT2D eigenvalue weighted by atomic mass is 10.2. The summed E-state index contributed by atoms with van der Waals surface area (Å²) >= 11 is 5.87. The second-order valence-corrected chi connectivity index (χ2v) is 6.98. The molecular weight excluding hydrogens is 314 g/mol. The van der Waals surface area contributed by atoms with Crippen LogP contribution in [0.1, 0.15) is 5.56 Å². The van der Waals surface area contributed by atoms with E-state index in [1.165, 1.54) is 6.07 Å². The van der Waals surface area contributed by atoms with E-state index in [2.05, 4.69) is 4.72 Å². The van der Waals surface area contributed by atoms with Gasteiger partial charge in [0.05, 0.1) is 22.2 Å². The molecule has 0 spiro atoms. The van der Waals surface area contributed by atoms with E-state index in [4.69, 9.17) is 22.1 Å². The fraction of sp³-hybridized carbons (Fsp3) is 0.538. The summed E-state index contributed by atoms with van der Waals surface area (Å²) in [7, 11) is -0.0621. The van der Waals surface area contributed by atoms with Gasteiger partial charge >= 0.3 is 0 Å². The van der Waals surface area contributed by atoms with Gasteiger partial charge in [0.1, 0.15) is 0 Å². The Kier molecular flexibility index (Phi) is 6.89. The topological polar surface area (TPSA) is 84.7 Å². The average molecular weight is 336 g/mol. The van der Waals surface area contributed by atoms with Crippen LogP contribution >= 0.6 is 11.6 Å². The average Bonchev–Trinajstić information content (AvgIpc) is 2.40. The van der Waals surface area contributed by atoms with Gasteiger partial charge in [0, 0.05) is 26.7 Å². The second kappa shape index (κ2) is 7.95. The number of methoxy groups -OCH3 is 1. The van der Waals surface area contributed by atoms with Crippen molar-refractivity contribution in [2.45, 2.75) is 11.8 Å². The van der Waals surface area contributed by atoms with E-state index in [1.807, 2.05) is 11.9 Å². The third-order valence-electron chi connectivity index (χ3n) is 3.05. The van der Waals surface area contributed by atoms with Crippen LogP contribution in [0.25, 0.3) is 0 Å². The Bertz CT molecular complexity index is 578. The predicted octanol–water partition coefficient (Wildman–Crippen LogP) is 1.09. The zero-order valence-electron chi connectivity index (χ0n) is 12.5. The molecule has 0 aliphatic carbocycles. The van der Waals surface area contributed by atoms with Crippen LogP contribution in [0, 0.1) is 6.92 Å². The van der Waals surface area contributed by atoms with Crippen molar-refractivity contribution in [3.8, 4) is 0 Å². The zero-order chi connectivity index (χ0) is 16.0. The van der Waals surface area contributed by atoms with Crippen molar-refractivity contribution in [1.82, 2.24) is 9.62 Å². The summed E-state index contributed by atoms with van der Waals surface area (Å²) in [6.45, 7) is 3.93. The standard InChI is InChI=1S/C13H22ClN3O3S/c1-10-8-11(14)12(15)9-13(10)21(18,19)16-4-5-17(2)6-7-20-3/h8-9,16H,4-7,15H2,1-3H3. The molecule has 0 saturated carbocycles. The molecule has 0 radical (unpaired) electrons. The van der Waals surface area contributed by atoms with Crippen LogP contribution in [0.15, 0.2) is 17.0 Å². The molecule has 0 unspecified atom stereocenters. The molecular formula is C13H22ClN3O3S. The Labute approximate surface area is 131 Å². The van der Waals surface area contributed by atoms with Crippen molar-refractivity contribution in [3.05, 3.63) is 22.7 Å². The normalized spacial score (nSPS) is 12.0. The smallest absolute Gasteiger partial charge is 0.240 e. The number of ether oxygens (including phenoxy) is 1. The van der Waals surface area contributed by atoms with Crippen molar-refractivity contribution in [2.24, 2.45) is 0 Å². The lowest BCUT2D eigenvalue weighted by Crippen LogP contribution is -2.34. The Balaban J connectivity index is 2.68. The molecule has 120 valence electrons. The molecule has 1 aromatic carbocycles. The van der Waals surface area contributed by atoms with Crippen LogP contribution in [-0.2, 0) is 14.8 Å². The number of likely N-dealkylation sites (N-methyl/N-ethyl adjacent to an activating group) is 1. The van der Waals surface area contributed by atoms with Gasteiger partial charge in [-0.15, -0.1) is 0 Å². The maximum atomic E-state index is 12.3. The number of rotatable bonds is 8. The van der Waals surface area contributed by atoms with E-state index in [9.17, 15) is 8.42 Å². The van der Waals surface area contributed by atoms with E-state index >= 15 is 0 Å². The molecule has 6 nitrogen and oxygen atoms in total. The molecule has 0 saturated heterocycles. The van der Waals surface area contributed by atoms with Crippen LogP contribution in [0.4, 0.5) is 5.69 Å².